The van der Waals surface area contributed by atoms with Crippen LogP contribution in [0.1, 0.15) is 30.5 Å². The van der Waals surface area contributed by atoms with E-state index in [1.165, 1.54) is 11.3 Å². The first-order valence-corrected chi connectivity index (χ1v) is 13.5. The lowest BCUT2D eigenvalue weighted by molar-refractivity contribution is -0.139. The fraction of sp³-hybridized carbons (Fsp3) is 0.214. The largest absolute Gasteiger partial charge is 0.367 e. The normalized spacial score (nSPS) is 11.6. The number of carbonyl (C=O) groups excluding carboxylic acids is 2. The van der Waals surface area contributed by atoms with Crippen LogP contribution in [-0.4, -0.2) is 40.1 Å². The van der Waals surface area contributed by atoms with Crippen molar-refractivity contribution in [1.29, 1.82) is 0 Å². The van der Waals surface area contributed by atoms with Gasteiger partial charge in [-0.05, 0) is 30.2 Å². The molecule has 190 valence electrons. The van der Waals surface area contributed by atoms with Crippen molar-refractivity contribution in [3.8, 4) is 10.6 Å². The van der Waals surface area contributed by atoms with Gasteiger partial charge in [0.2, 0.25) is 16.9 Å². The molecule has 7 nitrogen and oxygen atoms in total. The average Bonchev–Trinajstić information content (AvgIpc) is 3.38. The van der Waals surface area contributed by atoms with Gasteiger partial charge in [-0.2, -0.15) is 0 Å². The summed E-state index contributed by atoms with van der Waals surface area (Å²) in [6.07, 6.45) is 0.118. The van der Waals surface area contributed by atoms with E-state index in [1.807, 2.05) is 91.9 Å². The van der Waals surface area contributed by atoms with E-state index >= 15 is 0 Å². The lowest BCUT2D eigenvalue weighted by Gasteiger charge is -2.29. The Morgan fingerprint density at radius 1 is 1.00 bits per heavy atom. The van der Waals surface area contributed by atoms with E-state index in [1.54, 1.807) is 4.90 Å². The van der Waals surface area contributed by atoms with Crippen LogP contribution in [0.25, 0.3) is 10.6 Å². The maximum atomic E-state index is 13.2. The van der Waals surface area contributed by atoms with Crippen molar-refractivity contribution < 1.29 is 14.3 Å². The van der Waals surface area contributed by atoms with Crippen LogP contribution in [0.3, 0.4) is 0 Å². The van der Waals surface area contributed by atoms with Gasteiger partial charge in [-0.1, -0.05) is 100 Å². The number of hydrogen-bond donors (Lipinski definition) is 1. The average molecular weight is 580 g/mol. The van der Waals surface area contributed by atoms with Crippen LogP contribution < -0.4 is 5.32 Å². The molecular weight excluding hydrogens is 552 g/mol. The summed E-state index contributed by atoms with van der Waals surface area (Å²) in [6, 6.07) is 27.0. The molecule has 4 rings (SSSR count). The third kappa shape index (κ3) is 7.79. The van der Waals surface area contributed by atoms with Crippen LogP contribution in [0.2, 0.25) is 0 Å². The van der Waals surface area contributed by atoms with E-state index < -0.39 is 0 Å². The number of hydrogen-bond acceptors (Lipinski definition) is 6. The summed E-state index contributed by atoms with van der Waals surface area (Å²) in [7, 11) is 0. The predicted octanol–water partition coefficient (Wildman–Crippen LogP) is 6.10. The summed E-state index contributed by atoms with van der Waals surface area (Å²) in [5.74, 6) is -0.409. The molecule has 0 aliphatic heterocycles. The number of nitrogens with one attached hydrogen (secondary N) is 1. The number of rotatable bonds is 11. The second-order valence-corrected chi connectivity index (χ2v) is 10.3. The van der Waals surface area contributed by atoms with Gasteiger partial charge in [-0.15, -0.1) is 10.2 Å². The fourth-order valence-corrected chi connectivity index (χ4v) is 4.93. The van der Waals surface area contributed by atoms with Crippen molar-refractivity contribution in [2.75, 3.05) is 18.5 Å². The number of benzene rings is 3. The minimum Gasteiger partial charge on any atom is -0.367 e. The van der Waals surface area contributed by atoms with Gasteiger partial charge in [-0.3, -0.25) is 9.59 Å². The number of halogens is 1. The van der Waals surface area contributed by atoms with Gasteiger partial charge >= 0.3 is 0 Å². The van der Waals surface area contributed by atoms with Gasteiger partial charge in [0.1, 0.15) is 11.6 Å². The molecule has 0 saturated heterocycles. The van der Waals surface area contributed by atoms with Crippen LogP contribution in [0, 0.1) is 0 Å². The zero-order chi connectivity index (χ0) is 26.0. The Hall–Kier alpha value is -3.40. The van der Waals surface area contributed by atoms with E-state index in [-0.39, 0.29) is 37.4 Å². The zero-order valence-electron chi connectivity index (χ0n) is 20.3. The van der Waals surface area contributed by atoms with E-state index in [0.29, 0.717) is 16.7 Å². The molecule has 4 aromatic rings. The minimum atomic E-state index is -0.236. The van der Waals surface area contributed by atoms with E-state index in [0.717, 1.165) is 21.2 Å². The first-order chi connectivity index (χ1) is 18.0. The Morgan fingerprint density at radius 2 is 1.73 bits per heavy atom. The third-order valence-corrected chi connectivity index (χ3v) is 7.11. The highest BCUT2D eigenvalue weighted by Crippen LogP contribution is 2.28. The molecule has 0 aliphatic rings. The van der Waals surface area contributed by atoms with Crippen molar-refractivity contribution in [3.63, 3.8) is 0 Å². The first-order valence-electron chi connectivity index (χ1n) is 11.8. The van der Waals surface area contributed by atoms with Crippen molar-refractivity contribution in [2.24, 2.45) is 0 Å². The maximum absolute atomic E-state index is 13.2. The number of anilines is 1. The molecule has 37 heavy (non-hydrogen) atoms. The molecule has 0 saturated carbocycles. The second-order valence-electron chi connectivity index (χ2n) is 8.37. The second kappa shape index (κ2) is 13.2. The molecule has 0 aliphatic carbocycles. The molecule has 1 N–H and O–H groups in total. The molecule has 1 atom stereocenters. The Kier molecular flexibility index (Phi) is 9.53. The summed E-state index contributed by atoms with van der Waals surface area (Å²) in [5.41, 5.74) is 2.90. The highest BCUT2D eigenvalue weighted by atomic mass is 79.9. The highest BCUT2D eigenvalue weighted by Gasteiger charge is 2.23. The summed E-state index contributed by atoms with van der Waals surface area (Å²) in [5, 5.41) is 12.2. The van der Waals surface area contributed by atoms with E-state index in [2.05, 4.69) is 31.4 Å². The van der Waals surface area contributed by atoms with Crippen LogP contribution in [0.15, 0.2) is 89.4 Å². The summed E-state index contributed by atoms with van der Waals surface area (Å²) in [6.45, 7) is 2.47. The fourth-order valence-electron chi connectivity index (χ4n) is 3.77. The molecule has 3 aromatic carbocycles. The Balaban J connectivity index is 1.37. The van der Waals surface area contributed by atoms with Gasteiger partial charge < -0.3 is 15.0 Å². The van der Waals surface area contributed by atoms with E-state index in [9.17, 15) is 9.59 Å². The Bertz CT molecular complexity index is 1320. The van der Waals surface area contributed by atoms with Gasteiger partial charge in [0.25, 0.3) is 0 Å². The van der Waals surface area contributed by atoms with Gasteiger partial charge in [0.05, 0.1) is 12.6 Å². The number of carbonyl (C=O) groups is 2. The standard InChI is InChI=1S/C28H27BrN4O3S/c1-20(22-11-6-3-7-12-22)33(26(35)19-36-18-21-9-4-2-5-10-21)16-15-25(34)30-28-32-31-27(37-28)23-13-8-14-24(29)17-23/h2-14,17,20H,15-16,18-19H2,1H3,(H,30,32,34). The molecule has 0 fully saturated rings. The number of nitrogens with zero attached hydrogens (tertiary/aromatic N) is 3. The molecule has 0 radical (unpaired) electrons. The summed E-state index contributed by atoms with van der Waals surface area (Å²) >= 11 is 4.75. The molecule has 2 amide bonds. The first kappa shape index (κ1) is 26.7. The topological polar surface area (TPSA) is 84.4 Å². The third-order valence-electron chi connectivity index (χ3n) is 5.73. The number of amides is 2. The molecule has 0 bridgehead atoms. The molecule has 1 aromatic heterocycles. The quantitative estimate of drug-likeness (QED) is 0.232. The Morgan fingerprint density at radius 3 is 2.46 bits per heavy atom. The number of aromatic nitrogens is 2. The molecular formula is C28H27BrN4O3S. The smallest absolute Gasteiger partial charge is 0.249 e. The SMILES string of the molecule is CC(c1ccccc1)N(CCC(=O)Nc1nnc(-c2cccc(Br)c2)s1)C(=O)COCc1ccccc1. The van der Waals surface area contributed by atoms with Crippen LogP contribution >= 0.6 is 27.3 Å². The highest BCUT2D eigenvalue weighted by molar-refractivity contribution is 9.10. The van der Waals surface area contributed by atoms with Gasteiger partial charge in [-0.25, -0.2) is 0 Å². The maximum Gasteiger partial charge on any atom is 0.249 e. The molecule has 1 unspecified atom stereocenters. The minimum absolute atomic E-state index is 0.0694. The zero-order valence-corrected chi connectivity index (χ0v) is 22.7. The van der Waals surface area contributed by atoms with Crippen LogP contribution in [0.5, 0.6) is 0 Å². The molecule has 0 spiro atoms. The van der Waals surface area contributed by atoms with Crippen LogP contribution in [-0.2, 0) is 20.9 Å². The molecule has 9 heteroatoms. The van der Waals surface area contributed by atoms with Gasteiger partial charge in [0.15, 0.2) is 0 Å². The monoisotopic (exact) mass is 578 g/mol. The molecule has 1 heterocycles. The predicted molar refractivity (Wildman–Crippen MR) is 149 cm³/mol. The van der Waals surface area contributed by atoms with Crippen molar-refractivity contribution in [1.82, 2.24) is 15.1 Å². The summed E-state index contributed by atoms with van der Waals surface area (Å²) in [4.78, 5) is 27.6. The summed E-state index contributed by atoms with van der Waals surface area (Å²) < 4.78 is 6.63. The van der Waals surface area contributed by atoms with Crippen LogP contribution in [0.4, 0.5) is 5.13 Å². The lowest BCUT2D eigenvalue weighted by Crippen LogP contribution is -2.38. The van der Waals surface area contributed by atoms with Crippen molar-refractivity contribution in [3.05, 3.63) is 101 Å². The number of ether oxygens (including phenoxy) is 1. The lowest BCUT2D eigenvalue weighted by atomic mass is 10.1. The van der Waals surface area contributed by atoms with Gasteiger partial charge in [0, 0.05) is 23.0 Å². The Labute approximate surface area is 228 Å². The van der Waals surface area contributed by atoms with E-state index in [4.69, 9.17) is 4.74 Å². The van der Waals surface area contributed by atoms with Crippen molar-refractivity contribution in [2.45, 2.75) is 26.0 Å². The van der Waals surface area contributed by atoms with Crippen molar-refractivity contribution >= 4 is 44.2 Å².